The van der Waals surface area contributed by atoms with Crippen molar-refractivity contribution in [3.05, 3.63) is 35.9 Å². The molecule has 5 heteroatoms. The van der Waals surface area contributed by atoms with Crippen molar-refractivity contribution in [1.82, 2.24) is 10.6 Å². The predicted octanol–water partition coefficient (Wildman–Crippen LogP) is 2.13. The van der Waals surface area contributed by atoms with Crippen molar-refractivity contribution < 1.29 is 9.53 Å². The molecule has 0 spiro atoms. The molecular formula is C16H25ClN2O2. The summed E-state index contributed by atoms with van der Waals surface area (Å²) in [5.41, 5.74) is 1.16. The molecule has 1 amide bonds. The molecule has 0 aromatic heterocycles. The average molecular weight is 313 g/mol. The number of hydrogen-bond donors (Lipinski definition) is 2. The van der Waals surface area contributed by atoms with Gasteiger partial charge in [-0.25, -0.2) is 0 Å². The van der Waals surface area contributed by atoms with Gasteiger partial charge in [-0.1, -0.05) is 30.3 Å². The number of rotatable bonds is 6. The van der Waals surface area contributed by atoms with Crippen LogP contribution in [-0.4, -0.2) is 31.6 Å². The Bertz CT molecular complexity index is 408. The first-order chi connectivity index (χ1) is 9.75. The molecule has 1 aromatic carbocycles. The van der Waals surface area contributed by atoms with E-state index in [0.717, 1.165) is 31.5 Å². The fourth-order valence-electron chi connectivity index (χ4n) is 2.41. The number of ether oxygens (including phenoxy) is 1. The first-order valence-corrected chi connectivity index (χ1v) is 7.38. The Kier molecular flexibility index (Phi) is 8.35. The van der Waals surface area contributed by atoms with Gasteiger partial charge in [0.15, 0.2) is 0 Å². The lowest BCUT2D eigenvalue weighted by atomic mass is 9.98. The van der Waals surface area contributed by atoms with Gasteiger partial charge in [0.25, 0.3) is 0 Å². The number of amides is 1. The highest BCUT2D eigenvalue weighted by molar-refractivity contribution is 5.85. The van der Waals surface area contributed by atoms with Gasteiger partial charge in [-0.05, 0) is 31.9 Å². The molecule has 118 valence electrons. The molecule has 21 heavy (non-hydrogen) atoms. The average Bonchev–Trinajstić information content (AvgIpc) is 2.49. The minimum atomic E-state index is 0. The summed E-state index contributed by atoms with van der Waals surface area (Å²) in [6.07, 6.45) is 2.06. The van der Waals surface area contributed by atoms with E-state index in [4.69, 9.17) is 4.74 Å². The molecule has 1 aliphatic heterocycles. The van der Waals surface area contributed by atoms with Crippen molar-refractivity contribution in [3.8, 4) is 0 Å². The van der Waals surface area contributed by atoms with Crippen LogP contribution in [0.2, 0.25) is 0 Å². The second-order valence-corrected chi connectivity index (χ2v) is 5.45. The fourth-order valence-corrected chi connectivity index (χ4v) is 2.41. The third-order valence-electron chi connectivity index (χ3n) is 3.54. The lowest BCUT2D eigenvalue weighted by molar-refractivity contribution is -0.126. The van der Waals surface area contributed by atoms with E-state index in [2.05, 4.69) is 10.6 Å². The van der Waals surface area contributed by atoms with Crippen LogP contribution in [0.5, 0.6) is 0 Å². The van der Waals surface area contributed by atoms with Crippen LogP contribution in [-0.2, 0) is 16.1 Å². The van der Waals surface area contributed by atoms with Crippen LogP contribution >= 0.6 is 12.4 Å². The van der Waals surface area contributed by atoms with Crippen LogP contribution in [0.25, 0.3) is 0 Å². The minimum Gasteiger partial charge on any atom is -0.375 e. The number of benzene rings is 1. The van der Waals surface area contributed by atoms with Gasteiger partial charge in [-0.3, -0.25) is 4.79 Å². The summed E-state index contributed by atoms with van der Waals surface area (Å²) < 4.78 is 5.64. The van der Waals surface area contributed by atoms with Crippen molar-refractivity contribution >= 4 is 18.3 Å². The van der Waals surface area contributed by atoms with Gasteiger partial charge in [0.1, 0.15) is 0 Å². The summed E-state index contributed by atoms with van der Waals surface area (Å²) in [5.74, 6) is 0.258. The minimum absolute atomic E-state index is 0. The Morgan fingerprint density at radius 2 is 2.19 bits per heavy atom. The molecule has 2 unspecified atom stereocenters. The molecule has 1 aromatic rings. The second-order valence-electron chi connectivity index (χ2n) is 5.45. The molecule has 2 atom stereocenters. The monoisotopic (exact) mass is 312 g/mol. The van der Waals surface area contributed by atoms with Crippen molar-refractivity contribution in [3.63, 3.8) is 0 Å². The molecule has 0 saturated carbocycles. The van der Waals surface area contributed by atoms with Gasteiger partial charge in [0.05, 0.1) is 19.1 Å². The lowest BCUT2D eigenvalue weighted by Crippen LogP contribution is -2.44. The zero-order chi connectivity index (χ0) is 14.2. The largest absolute Gasteiger partial charge is 0.375 e. The van der Waals surface area contributed by atoms with Gasteiger partial charge in [0, 0.05) is 12.6 Å². The molecule has 0 bridgehead atoms. The maximum absolute atomic E-state index is 12.0. The topological polar surface area (TPSA) is 50.4 Å². The van der Waals surface area contributed by atoms with Gasteiger partial charge in [0.2, 0.25) is 5.91 Å². The molecule has 4 nitrogen and oxygen atoms in total. The van der Waals surface area contributed by atoms with Crippen molar-refractivity contribution in [2.45, 2.75) is 32.4 Å². The van der Waals surface area contributed by atoms with Gasteiger partial charge in [-0.2, -0.15) is 0 Å². The van der Waals surface area contributed by atoms with Crippen molar-refractivity contribution in [1.29, 1.82) is 0 Å². The standard InChI is InChI=1S/C16H24N2O2.ClH/c1-13(11-20-12-14-6-3-2-4-7-14)18-16(19)15-8-5-9-17-10-15;/h2-4,6-7,13,15,17H,5,8-12H2,1H3,(H,18,19);1H. The van der Waals surface area contributed by atoms with E-state index in [0.29, 0.717) is 13.2 Å². The van der Waals surface area contributed by atoms with Gasteiger partial charge >= 0.3 is 0 Å². The van der Waals surface area contributed by atoms with E-state index in [1.807, 2.05) is 37.3 Å². The van der Waals surface area contributed by atoms with E-state index in [1.165, 1.54) is 0 Å². The third kappa shape index (κ3) is 6.46. The molecule has 0 radical (unpaired) electrons. The first-order valence-electron chi connectivity index (χ1n) is 7.38. The maximum Gasteiger partial charge on any atom is 0.224 e. The number of piperidine rings is 1. The molecule has 1 saturated heterocycles. The highest BCUT2D eigenvalue weighted by Crippen LogP contribution is 2.10. The molecule has 2 rings (SSSR count). The van der Waals surface area contributed by atoms with Crippen LogP contribution < -0.4 is 10.6 Å². The Hall–Kier alpha value is -1.10. The molecule has 0 aliphatic carbocycles. The zero-order valence-corrected chi connectivity index (χ0v) is 13.3. The van der Waals surface area contributed by atoms with E-state index >= 15 is 0 Å². The first kappa shape index (κ1) is 18.0. The fraction of sp³-hybridized carbons (Fsp3) is 0.562. The summed E-state index contributed by atoms with van der Waals surface area (Å²) >= 11 is 0. The van der Waals surface area contributed by atoms with E-state index in [1.54, 1.807) is 0 Å². The second kappa shape index (κ2) is 9.77. The van der Waals surface area contributed by atoms with E-state index in [-0.39, 0.29) is 30.3 Å². The van der Waals surface area contributed by atoms with Crippen molar-refractivity contribution in [2.75, 3.05) is 19.7 Å². The van der Waals surface area contributed by atoms with Crippen LogP contribution in [0.15, 0.2) is 30.3 Å². The van der Waals surface area contributed by atoms with Crippen LogP contribution in [0, 0.1) is 5.92 Å². The summed E-state index contributed by atoms with van der Waals surface area (Å²) in [6, 6.07) is 10.1. The highest BCUT2D eigenvalue weighted by atomic mass is 35.5. The summed E-state index contributed by atoms with van der Waals surface area (Å²) in [4.78, 5) is 12.0. The third-order valence-corrected chi connectivity index (χ3v) is 3.54. The Morgan fingerprint density at radius 3 is 2.86 bits per heavy atom. The normalized spacial score (nSPS) is 19.4. The molecule has 2 N–H and O–H groups in total. The molecule has 1 fully saturated rings. The molecule has 1 aliphatic rings. The summed E-state index contributed by atoms with van der Waals surface area (Å²) in [7, 11) is 0. The smallest absolute Gasteiger partial charge is 0.224 e. The number of halogens is 1. The highest BCUT2D eigenvalue weighted by Gasteiger charge is 2.21. The molecule has 1 heterocycles. The number of carbonyl (C=O) groups excluding carboxylic acids is 1. The summed E-state index contributed by atoms with van der Waals surface area (Å²) in [6.45, 7) is 4.94. The Balaban J connectivity index is 0.00000220. The summed E-state index contributed by atoms with van der Waals surface area (Å²) in [5, 5.41) is 6.29. The van der Waals surface area contributed by atoms with Crippen LogP contribution in [0.4, 0.5) is 0 Å². The van der Waals surface area contributed by atoms with E-state index in [9.17, 15) is 4.79 Å². The zero-order valence-electron chi connectivity index (χ0n) is 12.5. The van der Waals surface area contributed by atoms with Crippen LogP contribution in [0.1, 0.15) is 25.3 Å². The number of carbonyl (C=O) groups is 1. The van der Waals surface area contributed by atoms with Gasteiger partial charge in [-0.15, -0.1) is 12.4 Å². The Labute approximate surface area is 133 Å². The van der Waals surface area contributed by atoms with Crippen molar-refractivity contribution in [2.24, 2.45) is 5.92 Å². The SMILES string of the molecule is CC(COCc1ccccc1)NC(=O)C1CCCNC1.Cl. The van der Waals surface area contributed by atoms with Crippen LogP contribution in [0.3, 0.4) is 0 Å². The lowest BCUT2D eigenvalue weighted by Gasteiger charge is -2.24. The maximum atomic E-state index is 12.0. The predicted molar refractivity (Wildman–Crippen MR) is 86.5 cm³/mol. The number of nitrogens with one attached hydrogen (secondary N) is 2. The number of hydrogen-bond acceptors (Lipinski definition) is 3. The van der Waals surface area contributed by atoms with Gasteiger partial charge < -0.3 is 15.4 Å². The molecular weight excluding hydrogens is 288 g/mol. The quantitative estimate of drug-likeness (QED) is 0.846. The Morgan fingerprint density at radius 1 is 1.43 bits per heavy atom. The van der Waals surface area contributed by atoms with E-state index < -0.39 is 0 Å².